The van der Waals surface area contributed by atoms with Gasteiger partial charge in [0, 0.05) is 11.8 Å². The van der Waals surface area contributed by atoms with Gasteiger partial charge in [0.2, 0.25) is 11.1 Å². The van der Waals surface area contributed by atoms with Gasteiger partial charge in [-0.05, 0) is 19.6 Å². The number of aryl methyl sites for hydroxylation is 1. The second-order valence-corrected chi connectivity index (χ2v) is 7.51. The third-order valence-electron chi connectivity index (χ3n) is 3.21. The maximum atomic E-state index is 12.5. The molecule has 3 aromatic rings. The van der Waals surface area contributed by atoms with Crippen LogP contribution in [-0.4, -0.2) is 41.6 Å². The molecule has 11 heteroatoms. The van der Waals surface area contributed by atoms with Crippen LogP contribution >= 0.6 is 23.1 Å². The second-order valence-electron chi connectivity index (χ2n) is 5.03. The van der Waals surface area contributed by atoms with Crippen molar-refractivity contribution in [2.75, 3.05) is 11.1 Å². The highest BCUT2D eigenvalue weighted by atomic mass is 32.2. The van der Waals surface area contributed by atoms with Crippen molar-refractivity contribution in [3.63, 3.8) is 0 Å². The molecule has 0 fully saturated rings. The average Bonchev–Trinajstić information content (AvgIpc) is 3.13. The number of nitrogens with one attached hydrogen (secondary N) is 2. The first kappa shape index (κ1) is 17.3. The topological polar surface area (TPSA) is 118 Å². The summed E-state index contributed by atoms with van der Waals surface area (Å²) in [4.78, 5) is 30.9. The van der Waals surface area contributed by atoms with Crippen molar-refractivity contribution in [1.82, 2.24) is 29.9 Å². The molecular formula is C14H15N7O2S2. The van der Waals surface area contributed by atoms with Crippen molar-refractivity contribution in [2.24, 2.45) is 0 Å². The molecule has 0 spiro atoms. The molecule has 0 saturated carbocycles. The SMILES string of the molecule is CCSc1nnc(NC(=O)c2cnn(-c3nc(C)cc(=O)[nH]3)c2C)s1. The summed E-state index contributed by atoms with van der Waals surface area (Å²) in [7, 11) is 0. The van der Waals surface area contributed by atoms with Crippen LogP contribution in [0, 0.1) is 13.8 Å². The molecule has 3 heterocycles. The predicted molar refractivity (Wildman–Crippen MR) is 95.7 cm³/mol. The van der Waals surface area contributed by atoms with Gasteiger partial charge < -0.3 is 0 Å². The third-order valence-corrected chi connectivity index (χ3v) is 5.06. The number of carbonyl (C=O) groups excluding carboxylic acids is 1. The molecule has 2 N–H and O–H groups in total. The van der Waals surface area contributed by atoms with Crippen LogP contribution in [0.2, 0.25) is 0 Å². The Morgan fingerprint density at radius 1 is 1.40 bits per heavy atom. The van der Waals surface area contributed by atoms with Crippen LogP contribution < -0.4 is 10.9 Å². The maximum Gasteiger partial charge on any atom is 0.260 e. The Labute approximate surface area is 150 Å². The van der Waals surface area contributed by atoms with Crippen LogP contribution in [-0.2, 0) is 0 Å². The van der Waals surface area contributed by atoms with Crippen LogP contribution in [0.5, 0.6) is 0 Å². The standard InChI is InChI=1S/C14H15N7O2S2/c1-4-24-14-20-19-13(25-14)18-11(23)9-6-15-21(8(9)3)12-16-7(2)5-10(22)17-12/h5-6H,4H2,1-3H3,(H,16,17,22)(H,18,19,23). The Bertz CT molecular complexity index is 976. The molecule has 0 unspecified atom stereocenters. The van der Waals surface area contributed by atoms with E-state index in [1.54, 1.807) is 25.6 Å². The summed E-state index contributed by atoms with van der Waals surface area (Å²) in [5.41, 5.74) is 1.20. The van der Waals surface area contributed by atoms with E-state index in [1.807, 2.05) is 6.92 Å². The van der Waals surface area contributed by atoms with E-state index in [0.717, 1.165) is 10.1 Å². The number of rotatable bonds is 5. The second kappa shape index (κ2) is 7.15. The molecule has 0 atom stereocenters. The molecule has 0 aliphatic carbocycles. The van der Waals surface area contributed by atoms with Crippen LogP contribution in [0.4, 0.5) is 5.13 Å². The molecule has 0 saturated heterocycles. The Hall–Kier alpha value is -2.53. The van der Waals surface area contributed by atoms with Crippen molar-refractivity contribution < 1.29 is 4.79 Å². The zero-order valence-electron chi connectivity index (χ0n) is 13.7. The minimum absolute atomic E-state index is 0.263. The van der Waals surface area contributed by atoms with Gasteiger partial charge in [-0.25, -0.2) is 9.67 Å². The summed E-state index contributed by atoms with van der Waals surface area (Å²) in [6, 6.07) is 1.39. The number of H-pyrrole nitrogens is 1. The fraction of sp³-hybridized carbons (Fsp3) is 0.286. The monoisotopic (exact) mass is 377 g/mol. The van der Waals surface area contributed by atoms with Crippen molar-refractivity contribution in [3.8, 4) is 5.95 Å². The fourth-order valence-electron chi connectivity index (χ4n) is 2.12. The predicted octanol–water partition coefficient (Wildman–Crippen LogP) is 1.79. The molecule has 130 valence electrons. The number of nitrogens with zero attached hydrogens (tertiary/aromatic N) is 5. The number of aromatic nitrogens is 6. The number of hydrogen-bond acceptors (Lipinski definition) is 8. The lowest BCUT2D eigenvalue weighted by Gasteiger charge is -2.05. The average molecular weight is 377 g/mol. The highest BCUT2D eigenvalue weighted by molar-refractivity contribution is 8.01. The van der Waals surface area contributed by atoms with Gasteiger partial charge in [0.15, 0.2) is 4.34 Å². The van der Waals surface area contributed by atoms with Crippen molar-refractivity contribution in [1.29, 1.82) is 0 Å². The number of hydrogen-bond donors (Lipinski definition) is 2. The molecule has 0 aromatic carbocycles. The van der Waals surface area contributed by atoms with E-state index in [4.69, 9.17) is 0 Å². The summed E-state index contributed by atoms with van der Waals surface area (Å²) in [6.07, 6.45) is 1.43. The molecule has 0 radical (unpaired) electrons. The summed E-state index contributed by atoms with van der Waals surface area (Å²) in [6.45, 7) is 5.46. The molecule has 25 heavy (non-hydrogen) atoms. The van der Waals surface area contributed by atoms with Crippen molar-refractivity contribution in [3.05, 3.63) is 39.6 Å². The summed E-state index contributed by atoms with van der Waals surface area (Å²) in [5.74, 6) is 0.804. The molecular weight excluding hydrogens is 362 g/mol. The normalized spacial score (nSPS) is 10.8. The molecule has 3 rings (SSSR count). The first-order valence-corrected chi connectivity index (χ1v) is 9.18. The largest absolute Gasteiger partial charge is 0.296 e. The Morgan fingerprint density at radius 3 is 2.92 bits per heavy atom. The smallest absolute Gasteiger partial charge is 0.260 e. The van der Waals surface area contributed by atoms with Crippen molar-refractivity contribution in [2.45, 2.75) is 25.1 Å². The van der Waals surface area contributed by atoms with Crippen LogP contribution in [0.1, 0.15) is 28.7 Å². The van der Waals surface area contributed by atoms with E-state index in [-0.39, 0.29) is 17.4 Å². The minimum Gasteiger partial charge on any atom is -0.296 e. The zero-order chi connectivity index (χ0) is 18.0. The first-order chi connectivity index (χ1) is 12.0. The number of carbonyl (C=O) groups is 1. The Kier molecular flexibility index (Phi) is 4.95. The Balaban J connectivity index is 1.84. The number of thioether (sulfide) groups is 1. The van der Waals surface area contributed by atoms with E-state index < -0.39 is 0 Å². The highest BCUT2D eigenvalue weighted by Crippen LogP contribution is 2.25. The van der Waals surface area contributed by atoms with Gasteiger partial charge >= 0.3 is 0 Å². The molecule has 3 aromatic heterocycles. The van der Waals surface area contributed by atoms with Gasteiger partial charge in [-0.15, -0.1) is 10.2 Å². The molecule has 0 aliphatic heterocycles. The van der Waals surface area contributed by atoms with E-state index >= 15 is 0 Å². The zero-order valence-corrected chi connectivity index (χ0v) is 15.4. The van der Waals surface area contributed by atoms with Gasteiger partial charge in [-0.3, -0.25) is 19.9 Å². The van der Waals surface area contributed by atoms with Crippen LogP contribution in [0.15, 0.2) is 21.4 Å². The lowest BCUT2D eigenvalue weighted by atomic mass is 10.2. The lowest BCUT2D eigenvalue weighted by Crippen LogP contribution is -2.16. The maximum absolute atomic E-state index is 12.5. The number of amides is 1. The van der Waals surface area contributed by atoms with Gasteiger partial charge in [-0.1, -0.05) is 30.0 Å². The highest BCUT2D eigenvalue weighted by Gasteiger charge is 2.18. The molecule has 1 amide bonds. The Morgan fingerprint density at radius 2 is 2.20 bits per heavy atom. The van der Waals surface area contributed by atoms with Crippen molar-refractivity contribution >= 4 is 34.1 Å². The van der Waals surface area contributed by atoms with E-state index in [2.05, 4.69) is 30.6 Å². The fourth-order valence-corrected chi connectivity index (χ4v) is 3.76. The molecule has 0 bridgehead atoms. The summed E-state index contributed by atoms with van der Waals surface area (Å²) >= 11 is 2.88. The molecule has 0 aliphatic rings. The number of anilines is 1. The summed E-state index contributed by atoms with van der Waals surface area (Å²) in [5, 5.41) is 15.2. The van der Waals surface area contributed by atoms with Gasteiger partial charge in [0.05, 0.1) is 17.5 Å². The third kappa shape index (κ3) is 3.77. The first-order valence-electron chi connectivity index (χ1n) is 7.38. The van der Waals surface area contributed by atoms with Gasteiger partial charge in [-0.2, -0.15) is 5.10 Å². The van der Waals surface area contributed by atoms with Crippen LogP contribution in [0.3, 0.4) is 0 Å². The summed E-state index contributed by atoms with van der Waals surface area (Å²) < 4.78 is 2.22. The number of aromatic amines is 1. The van der Waals surface area contributed by atoms with Gasteiger partial charge in [0.25, 0.3) is 11.5 Å². The van der Waals surface area contributed by atoms with Crippen LogP contribution in [0.25, 0.3) is 5.95 Å². The quantitative estimate of drug-likeness (QED) is 0.514. The van der Waals surface area contributed by atoms with E-state index in [0.29, 0.717) is 22.1 Å². The van der Waals surface area contributed by atoms with E-state index in [9.17, 15) is 9.59 Å². The minimum atomic E-state index is -0.344. The van der Waals surface area contributed by atoms with Gasteiger partial charge in [0.1, 0.15) is 0 Å². The van der Waals surface area contributed by atoms with E-state index in [1.165, 1.54) is 28.3 Å². The lowest BCUT2D eigenvalue weighted by molar-refractivity contribution is 0.102. The molecule has 9 nitrogen and oxygen atoms in total.